The molecular formula is C18H17N3O3S. The number of aromatic nitrogens is 2. The Morgan fingerprint density at radius 2 is 2.08 bits per heavy atom. The van der Waals surface area contributed by atoms with Crippen LogP contribution >= 0.6 is 11.3 Å². The number of ether oxygens (including phenoxy) is 2. The standard InChI is InChI=1S/C18H17N3O3S/c22-18(14-11-13(20-21-14)17-2-1-9-25-17)19-6-5-12-3-4-15-16(10-12)24-8-7-23-15/h1-4,9-11H,5-8H2,(H,19,22)(H,20,21). The highest BCUT2D eigenvalue weighted by molar-refractivity contribution is 7.13. The third kappa shape index (κ3) is 3.51. The number of thiophene rings is 1. The highest BCUT2D eigenvalue weighted by atomic mass is 32.1. The van der Waals surface area contributed by atoms with Crippen LogP contribution in [-0.4, -0.2) is 35.9 Å². The van der Waals surface area contributed by atoms with Crippen molar-refractivity contribution in [3.8, 4) is 22.1 Å². The van der Waals surface area contributed by atoms with Gasteiger partial charge in [-0.2, -0.15) is 5.10 Å². The maximum absolute atomic E-state index is 12.2. The number of fused-ring (bicyclic) bond motifs is 1. The molecule has 4 rings (SSSR count). The van der Waals surface area contributed by atoms with Crippen molar-refractivity contribution in [2.45, 2.75) is 6.42 Å². The quantitative estimate of drug-likeness (QED) is 0.738. The largest absolute Gasteiger partial charge is 0.486 e. The number of hydrogen-bond donors (Lipinski definition) is 2. The summed E-state index contributed by atoms with van der Waals surface area (Å²) in [6.45, 7) is 1.68. The molecule has 2 aromatic heterocycles. The zero-order valence-corrected chi connectivity index (χ0v) is 14.3. The lowest BCUT2D eigenvalue weighted by molar-refractivity contribution is 0.0949. The number of aromatic amines is 1. The summed E-state index contributed by atoms with van der Waals surface area (Å²) in [5.41, 5.74) is 2.34. The molecule has 0 bridgehead atoms. The lowest BCUT2D eigenvalue weighted by atomic mass is 10.1. The minimum Gasteiger partial charge on any atom is -0.486 e. The van der Waals surface area contributed by atoms with E-state index in [1.54, 1.807) is 17.4 Å². The number of nitrogens with zero attached hydrogens (tertiary/aromatic N) is 1. The molecule has 0 atom stereocenters. The summed E-state index contributed by atoms with van der Waals surface area (Å²) >= 11 is 1.60. The van der Waals surface area contributed by atoms with Crippen molar-refractivity contribution in [3.63, 3.8) is 0 Å². The van der Waals surface area contributed by atoms with Crippen molar-refractivity contribution >= 4 is 17.2 Å². The molecule has 3 heterocycles. The SMILES string of the molecule is O=C(NCCc1ccc2c(c1)OCCO2)c1cc(-c2cccs2)[nH]n1. The van der Waals surface area contributed by atoms with Gasteiger partial charge in [0.1, 0.15) is 13.2 Å². The van der Waals surface area contributed by atoms with E-state index in [0.29, 0.717) is 31.9 Å². The molecule has 0 fully saturated rings. The van der Waals surface area contributed by atoms with Crippen molar-refractivity contribution in [2.75, 3.05) is 19.8 Å². The Hall–Kier alpha value is -2.80. The van der Waals surface area contributed by atoms with Crippen LogP contribution in [0.5, 0.6) is 11.5 Å². The summed E-state index contributed by atoms with van der Waals surface area (Å²) in [6.07, 6.45) is 0.713. The Kier molecular flexibility index (Phi) is 4.39. The van der Waals surface area contributed by atoms with Gasteiger partial charge in [0.2, 0.25) is 0 Å². The maximum atomic E-state index is 12.2. The van der Waals surface area contributed by atoms with Gasteiger partial charge in [-0.25, -0.2) is 0 Å². The van der Waals surface area contributed by atoms with Crippen LogP contribution in [0.2, 0.25) is 0 Å². The highest BCUT2D eigenvalue weighted by Crippen LogP contribution is 2.30. The fourth-order valence-corrected chi connectivity index (χ4v) is 3.34. The molecule has 1 amide bonds. The van der Waals surface area contributed by atoms with E-state index in [9.17, 15) is 4.79 Å². The van der Waals surface area contributed by atoms with Crippen LogP contribution in [0.3, 0.4) is 0 Å². The first kappa shape index (κ1) is 15.7. The van der Waals surface area contributed by atoms with Crippen molar-refractivity contribution in [3.05, 3.63) is 53.0 Å². The second-order valence-electron chi connectivity index (χ2n) is 5.63. The van der Waals surface area contributed by atoms with Crippen LogP contribution in [0.1, 0.15) is 16.1 Å². The Balaban J connectivity index is 1.33. The van der Waals surface area contributed by atoms with Gasteiger partial charge in [0.15, 0.2) is 17.2 Å². The van der Waals surface area contributed by atoms with E-state index < -0.39 is 0 Å². The van der Waals surface area contributed by atoms with Gasteiger partial charge in [0.05, 0.1) is 10.6 Å². The van der Waals surface area contributed by atoms with Crippen LogP contribution in [0.15, 0.2) is 41.8 Å². The van der Waals surface area contributed by atoms with Crippen molar-refractivity contribution < 1.29 is 14.3 Å². The van der Waals surface area contributed by atoms with Gasteiger partial charge in [-0.15, -0.1) is 11.3 Å². The fourth-order valence-electron chi connectivity index (χ4n) is 2.65. The highest BCUT2D eigenvalue weighted by Gasteiger charge is 2.13. The Morgan fingerprint density at radius 1 is 1.20 bits per heavy atom. The molecule has 1 aromatic carbocycles. The number of amides is 1. The van der Waals surface area contributed by atoms with Gasteiger partial charge >= 0.3 is 0 Å². The monoisotopic (exact) mass is 355 g/mol. The number of rotatable bonds is 5. The average Bonchev–Trinajstić information content (AvgIpc) is 3.33. The van der Waals surface area contributed by atoms with E-state index in [2.05, 4.69) is 15.5 Å². The lowest BCUT2D eigenvalue weighted by Gasteiger charge is -2.18. The summed E-state index contributed by atoms with van der Waals surface area (Å²) in [5.74, 6) is 1.36. The van der Waals surface area contributed by atoms with E-state index in [1.165, 1.54) is 0 Å². The van der Waals surface area contributed by atoms with Gasteiger partial charge in [-0.1, -0.05) is 12.1 Å². The minimum absolute atomic E-state index is 0.184. The summed E-state index contributed by atoms with van der Waals surface area (Å²) in [4.78, 5) is 13.3. The minimum atomic E-state index is -0.184. The molecule has 2 N–H and O–H groups in total. The second kappa shape index (κ2) is 6.98. The Bertz CT molecular complexity index is 874. The average molecular weight is 355 g/mol. The molecule has 3 aromatic rings. The molecule has 0 radical (unpaired) electrons. The van der Waals surface area contributed by atoms with Gasteiger partial charge in [0.25, 0.3) is 5.91 Å². The molecule has 128 valence electrons. The van der Waals surface area contributed by atoms with Crippen molar-refractivity contribution in [1.29, 1.82) is 0 Å². The smallest absolute Gasteiger partial charge is 0.271 e. The molecule has 0 aliphatic carbocycles. The number of H-pyrrole nitrogens is 1. The van der Waals surface area contributed by atoms with Crippen LogP contribution in [0.25, 0.3) is 10.6 Å². The zero-order valence-electron chi connectivity index (χ0n) is 13.5. The van der Waals surface area contributed by atoms with Gasteiger partial charge in [-0.3, -0.25) is 9.89 Å². The van der Waals surface area contributed by atoms with Gasteiger partial charge in [0, 0.05) is 6.54 Å². The number of carbonyl (C=O) groups excluding carboxylic acids is 1. The Morgan fingerprint density at radius 3 is 2.92 bits per heavy atom. The molecular weight excluding hydrogens is 338 g/mol. The number of carbonyl (C=O) groups is 1. The lowest BCUT2D eigenvalue weighted by Crippen LogP contribution is -2.26. The van der Waals surface area contributed by atoms with Crippen LogP contribution in [0.4, 0.5) is 0 Å². The Labute approximate surface area is 148 Å². The van der Waals surface area contributed by atoms with Crippen molar-refractivity contribution in [1.82, 2.24) is 15.5 Å². The van der Waals surface area contributed by atoms with Gasteiger partial charge in [-0.05, 0) is 41.6 Å². The van der Waals surface area contributed by atoms with Crippen LogP contribution < -0.4 is 14.8 Å². The maximum Gasteiger partial charge on any atom is 0.271 e. The molecule has 1 aliphatic rings. The molecule has 6 nitrogen and oxygen atoms in total. The molecule has 1 aliphatic heterocycles. The van der Waals surface area contributed by atoms with E-state index in [-0.39, 0.29) is 5.91 Å². The van der Waals surface area contributed by atoms with E-state index in [0.717, 1.165) is 27.6 Å². The van der Waals surface area contributed by atoms with Crippen LogP contribution in [0, 0.1) is 0 Å². The zero-order chi connectivity index (χ0) is 17.1. The number of nitrogens with one attached hydrogen (secondary N) is 2. The molecule has 0 spiro atoms. The summed E-state index contributed by atoms with van der Waals surface area (Å²) < 4.78 is 11.1. The molecule has 0 saturated carbocycles. The summed E-state index contributed by atoms with van der Waals surface area (Å²) in [5, 5.41) is 11.9. The topological polar surface area (TPSA) is 76.2 Å². The van der Waals surface area contributed by atoms with Gasteiger partial charge < -0.3 is 14.8 Å². The number of benzene rings is 1. The fraction of sp³-hybridized carbons (Fsp3) is 0.222. The van der Waals surface area contributed by atoms with E-state index in [4.69, 9.17) is 9.47 Å². The molecule has 0 saturated heterocycles. The molecule has 25 heavy (non-hydrogen) atoms. The van der Waals surface area contributed by atoms with E-state index >= 15 is 0 Å². The first-order chi connectivity index (χ1) is 12.3. The molecule has 7 heteroatoms. The first-order valence-electron chi connectivity index (χ1n) is 8.05. The number of hydrogen-bond acceptors (Lipinski definition) is 5. The predicted octanol–water partition coefficient (Wildman–Crippen LogP) is 2.88. The normalized spacial score (nSPS) is 12.8. The van der Waals surface area contributed by atoms with Crippen LogP contribution in [-0.2, 0) is 6.42 Å². The van der Waals surface area contributed by atoms with E-state index in [1.807, 2.05) is 35.7 Å². The summed E-state index contributed by atoms with van der Waals surface area (Å²) in [6, 6.07) is 11.6. The summed E-state index contributed by atoms with van der Waals surface area (Å²) in [7, 11) is 0. The third-order valence-electron chi connectivity index (χ3n) is 3.90. The molecule has 0 unspecified atom stereocenters. The predicted molar refractivity (Wildman–Crippen MR) is 95.4 cm³/mol. The first-order valence-corrected chi connectivity index (χ1v) is 8.93. The van der Waals surface area contributed by atoms with Crippen molar-refractivity contribution in [2.24, 2.45) is 0 Å². The second-order valence-corrected chi connectivity index (χ2v) is 6.58. The third-order valence-corrected chi connectivity index (χ3v) is 4.81.